The fraction of sp³-hybridized carbons (Fsp3) is 0.214. The van der Waals surface area contributed by atoms with Gasteiger partial charge in [0.2, 0.25) is 0 Å². The number of nitrogen functional groups attached to an aromatic ring is 1. The van der Waals surface area contributed by atoms with Crippen molar-refractivity contribution in [2.45, 2.75) is 20.0 Å². The first-order valence-corrected chi connectivity index (χ1v) is 6.49. The summed E-state index contributed by atoms with van der Waals surface area (Å²) in [6.45, 7) is 2.45. The van der Waals surface area contributed by atoms with Gasteiger partial charge < -0.3 is 17.2 Å². The van der Waals surface area contributed by atoms with Crippen LogP contribution in [0.3, 0.4) is 0 Å². The molecule has 7 nitrogen and oxygen atoms in total. The van der Waals surface area contributed by atoms with Crippen LogP contribution in [-0.2, 0) is 13.1 Å². The Balaban J connectivity index is 2.80. The number of nitrogens with zero attached hydrogens (tertiary/aromatic N) is 2. The van der Waals surface area contributed by atoms with Crippen molar-refractivity contribution in [2.24, 2.45) is 11.5 Å². The molecular weight excluding hydrogens is 270 g/mol. The van der Waals surface area contributed by atoms with Gasteiger partial charge in [-0.15, -0.1) is 0 Å². The predicted octanol–water partition coefficient (Wildman–Crippen LogP) is 0.0700. The van der Waals surface area contributed by atoms with E-state index in [1.165, 1.54) is 4.68 Å². The number of hydrogen-bond donors (Lipinski definition) is 3. The first kappa shape index (κ1) is 14.7. The number of aryl methyl sites for hydroxylation is 1. The third kappa shape index (κ3) is 2.63. The monoisotopic (exact) mass is 287 g/mol. The molecule has 0 bridgehead atoms. The molecule has 0 aliphatic heterocycles. The highest BCUT2D eigenvalue weighted by atomic mass is 16.1. The zero-order chi connectivity index (χ0) is 15.6. The number of carbonyl (C=O) groups is 1. The average Bonchev–Trinajstić information content (AvgIpc) is 2.49. The van der Waals surface area contributed by atoms with Gasteiger partial charge in [-0.1, -0.05) is 18.2 Å². The predicted molar refractivity (Wildman–Crippen MR) is 80.4 cm³/mol. The Hall–Kier alpha value is -2.67. The Morgan fingerprint density at radius 3 is 2.67 bits per heavy atom. The van der Waals surface area contributed by atoms with Gasteiger partial charge in [-0.2, -0.15) is 5.10 Å². The third-order valence-corrected chi connectivity index (χ3v) is 3.17. The van der Waals surface area contributed by atoms with E-state index in [1.807, 2.05) is 6.07 Å². The molecule has 0 spiro atoms. The van der Waals surface area contributed by atoms with E-state index >= 15 is 0 Å². The van der Waals surface area contributed by atoms with E-state index in [0.717, 1.165) is 5.56 Å². The Morgan fingerprint density at radius 1 is 1.38 bits per heavy atom. The Morgan fingerprint density at radius 2 is 2.10 bits per heavy atom. The minimum Gasteiger partial charge on any atom is -0.393 e. The molecule has 7 heteroatoms. The largest absolute Gasteiger partial charge is 0.393 e. The van der Waals surface area contributed by atoms with Crippen LogP contribution in [-0.4, -0.2) is 15.7 Å². The SMILES string of the molecule is CCn1nc(-c2cccc(CN)c2)c(C(N)=O)c(N)c1=O. The first-order chi connectivity index (χ1) is 9.99. The molecule has 0 saturated carbocycles. The fourth-order valence-electron chi connectivity index (χ4n) is 2.10. The number of nitrogens with two attached hydrogens (primary N) is 3. The zero-order valence-corrected chi connectivity index (χ0v) is 11.7. The molecule has 0 fully saturated rings. The second-order valence-electron chi connectivity index (χ2n) is 4.53. The number of aromatic nitrogens is 2. The van der Waals surface area contributed by atoms with Crippen LogP contribution in [0.4, 0.5) is 5.69 Å². The van der Waals surface area contributed by atoms with E-state index in [1.54, 1.807) is 25.1 Å². The van der Waals surface area contributed by atoms with Gasteiger partial charge in [-0.05, 0) is 18.6 Å². The molecule has 0 aliphatic rings. The molecule has 0 saturated heterocycles. The van der Waals surface area contributed by atoms with E-state index in [4.69, 9.17) is 17.2 Å². The summed E-state index contributed by atoms with van der Waals surface area (Å²) >= 11 is 0. The fourth-order valence-corrected chi connectivity index (χ4v) is 2.10. The van der Waals surface area contributed by atoms with Crippen LogP contribution in [0.1, 0.15) is 22.8 Å². The van der Waals surface area contributed by atoms with Crippen molar-refractivity contribution in [2.75, 3.05) is 5.73 Å². The van der Waals surface area contributed by atoms with Gasteiger partial charge in [0, 0.05) is 18.7 Å². The van der Waals surface area contributed by atoms with Crippen LogP contribution >= 0.6 is 0 Å². The average molecular weight is 287 g/mol. The molecule has 0 unspecified atom stereocenters. The van der Waals surface area contributed by atoms with Crippen molar-refractivity contribution in [3.05, 3.63) is 45.7 Å². The molecule has 6 N–H and O–H groups in total. The molecule has 1 amide bonds. The maximum Gasteiger partial charge on any atom is 0.290 e. The highest BCUT2D eigenvalue weighted by Gasteiger charge is 2.20. The van der Waals surface area contributed by atoms with Gasteiger partial charge in [0.1, 0.15) is 11.4 Å². The van der Waals surface area contributed by atoms with Crippen molar-refractivity contribution < 1.29 is 4.79 Å². The minimum atomic E-state index is -0.784. The van der Waals surface area contributed by atoms with Crippen LogP contribution < -0.4 is 22.8 Å². The van der Waals surface area contributed by atoms with Crippen molar-refractivity contribution in [3.8, 4) is 11.3 Å². The second-order valence-corrected chi connectivity index (χ2v) is 4.53. The number of primary amides is 1. The summed E-state index contributed by atoms with van der Waals surface area (Å²) in [5, 5.41) is 4.20. The van der Waals surface area contributed by atoms with E-state index in [-0.39, 0.29) is 16.9 Å². The Kier molecular flexibility index (Phi) is 4.04. The summed E-state index contributed by atoms with van der Waals surface area (Å²) in [4.78, 5) is 23.6. The summed E-state index contributed by atoms with van der Waals surface area (Å²) in [5.74, 6) is -0.784. The van der Waals surface area contributed by atoms with Gasteiger partial charge in [-0.3, -0.25) is 9.59 Å². The lowest BCUT2D eigenvalue weighted by atomic mass is 10.0. The Labute approximate surface area is 121 Å². The lowest BCUT2D eigenvalue weighted by molar-refractivity contribution is 0.100. The minimum absolute atomic E-state index is 0.0566. The summed E-state index contributed by atoms with van der Waals surface area (Å²) in [6.07, 6.45) is 0. The maximum absolute atomic E-state index is 12.0. The van der Waals surface area contributed by atoms with E-state index in [9.17, 15) is 9.59 Å². The normalized spacial score (nSPS) is 10.6. The first-order valence-electron chi connectivity index (χ1n) is 6.49. The number of carbonyl (C=O) groups excluding carboxylic acids is 1. The molecule has 1 heterocycles. The van der Waals surface area contributed by atoms with E-state index < -0.39 is 11.5 Å². The molecular formula is C14H17N5O2. The van der Waals surface area contributed by atoms with E-state index in [2.05, 4.69) is 5.10 Å². The van der Waals surface area contributed by atoms with E-state index in [0.29, 0.717) is 18.7 Å². The van der Waals surface area contributed by atoms with Crippen LogP contribution in [0.15, 0.2) is 29.1 Å². The van der Waals surface area contributed by atoms with Gasteiger partial charge >= 0.3 is 0 Å². The molecule has 2 rings (SSSR count). The molecule has 1 aromatic carbocycles. The number of hydrogen-bond acceptors (Lipinski definition) is 5. The summed E-state index contributed by atoms with van der Waals surface area (Å²) in [7, 11) is 0. The lowest BCUT2D eigenvalue weighted by Crippen LogP contribution is -2.30. The molecule has 0 radical (unpaired) electrons. The summed E-state index contributed by atoms with van der Waals surface area (Å²) in [6, 6.07) is 7.20. The van der Waals surface area contributed by atoms with Crippen molar-refractivity contribution >= 4 is 11.6 Å². The zero-order valence-electron chi connectivity index (χ0n) is 11.7. The molecule has 1 aromatic heterocycles. The molecule has 21 heavy (non-hydrogen) atoms. The van der Waals surface area contributed by atoms with Crippen LogP contribution in [0.25, 0.3) is 11.3 Å². The summed E-state index contributed by atoms with van der Waals surface area (Å²) in [5.41, 5.74) is 17.8. The topological polar surface area (TPSA) is 130 Å². The highest BCUT2D eigenvalue weighted by molar-refractivity contribution is 6.03. The van der Waals surface area contributed by atoms with Crippen LogP contribution in [0.2, 0.25) is 0 Å². The number of benzene rings is 1. The number of anilines is 1. The molecule has 0 atom stereocenters. The number of amides is 1. The maximum atomic E-state index is 12.0. The second kappa shape index (κ2) is 5.76. The van der Waals surface area contributed by atoms with Crippen LogP contribution in [0, 0.1) is 0 Å². The number of rotatable bonds is 4. The Bertz CT molecular complexity index is 752. The standard InChI is InChI=1S/C14H17N5O2/c1-2-19-14(21)11(16)10(13(17)20)12(18-19)9-5-3-4-8(6-9)7-15/h3-6H,2,7,15-16H2,1H3,(H2,17,20). The smallest absolute Gasteiger partial charge is 0.290 e. The molecule has 2 aromatic rings. The van der Waals surface area contributed by atoms with Gasteiger partial charge in [0.25, 0.3) is 11.5 Å². The lowest BCUT2D eigenvalue weighted by Gasteiger charge is -2.12. The highest BCUT2D eigenvalue weighted by Crippen LogP contribution is 2.24. The molecule has 110 valence electrons. The van der Waals surface area contributed by atoms with Crippen molar-refractivity contribution in [1.29, 1.82) is 0 Å². The van der Waals surface area contributed by atoms with Gasteiger partial charge in [0.15, 0.2) is 0 Å². The van der Waals surface area contributed by atoms with Gasteiger partial charge in [-0.25, -0.2) is 4.68 Å². The van der Waals surface area contributed by atoms with Crippen molar-refractivity contribution in [3.63, 3.8) is 0 Å². The van der Waals surface area contributed by atoms with Crippen LogP contribution in [0.5, 0.6) is 0 Å². The molecule has 0 aliphatic carbocycles. The third-order valence-electron chi connectivity index (χ3n) is 3.17. The summed E-state index contributed by atoms with van der Waals surface area (Å²) < 4.78 is 1.20. The van der Waals surface area contributed by atoms with Gasteiger partial charge in [0.05, 0.1) is 5.56 Å². The quantitative estimate of drug-likeness (QED) is 0.732. The van der Waals surface area contributed by atoms with Crippen molar-refractivity contribution in [1.82, 2.24) is 9.78 Å².